The normalized spacial score (nSPS) is 14.1. The largest absolute Gasteiger partial charge is 0.488 e. The lowest BCUT2D eigenvalue weighted by Crippen LogP contribution is -2.15. The number of hydrogen-bond acceptors (Lipinski definition) is 3. The van der Waals surface area contributed by atoms with Crippen molar-refractivity contribution in [3.05, 3.63) is 47.6 Å². The first-order chi connectivity index (χ1) is 10.2. The van der Waals surface area contributed by atoms with Crippen molar-refractivity contribution in [2.24, 2.45) is 0 Å². The molecule has 0 unspecified atom stereocenters. The molecule has 0 spiro atoms. The Morgan fingerprint density at radius 2 is 2.14 bits per heavy atom. The number of halogens is 1. The lowest BCUT2D eigenvalue weighted by atomic mass is 10.1. The number of ether oxygens (including phenoxy) is 1. The summed E-state index contributed by atoms with van der Waals surface area (Å²) >= 11 is 5.69. The molecule has 0 radical (unpaired) electrons. The van der Waals surface area contributed by atoms with Gasteiger partial charge in [-0.25, -0.2) is 0 Å². The van der Waals surface area contributed by atoms with Crippen LogP contribution in [-0.4, -0.2) is 22.8 Å². The van der Waals surface area contributed by atoms with E-state index in [0.717, 1.165) is 23.6 Å². The molecule has 1 heterocycles. The number of rotatable bonds is 7. The predicted octanol–water partition coefficient (Wildman–Crippen LogP) is 3.46. The molecule has 3 rings (SSSR count). The molecule has 5 heteroatoms. The maximum Gasteiger partial charge on any atom is 0.123 e. The van der Waals surface area contributed by atoms with Gasteiger partial charge in [0.2, 0.25) is 0 Å². The van der Waals surface area contributed by atoms with Gasteiger partial charge in [0.15, 0.2) is 0 Å². The number of hydrogen-bond donors (Lipinski definition) is 2. The van der Waals surface area contributed by atoms with Gasteiger partial charge in [-0.15, -0.1) is 0 Å². The molecule has 1 aromatic heterocycles. The summed E-state index contributed by atoms with van der Waals surface area (Å²) in [5, 5.41) is 11.2. The molecular weight excluding hydrogens is 286 g/mol. The molecule has 2 N–H and O–H groups in total. The van der Waals surface area contributed by atoms with Crippen LogP contribution in [0.2, 0.25) is 0 Å². The Hall–Kier alpha value is -1.78. The van der Waals surface area contributed by atoms with E-state index in [4.69, 9.17) is 16.3 Å². The molecule has 1 saturated carbocycles. The number of nitrogens with zero attached hydrogens (tertiary/aromatic N) is 1. The third-order valence-electron chi connectivity index (χ3n) is 3.41. The highest BCUT2D eigenvalue weighted by atomic mass is 35.5. The number of nitrogens with one attached hydrogen (secondary N) is 2. The average Bonchev–Trinajstić information content (AvgIpc) is 3.20. The smallest absolute Gasteiger partial charge is 0.123 e. The van der Waals surface area contributed by atoms with Crippen molar-refractivity contribution in [1.29, 1.82) is 0 Å². The van der Waals surface area contributed by atoms with Crippen molar-refractivity contribution in [3.63, 3.8) is 0 Å². The number of benzene rings is 1. The Labute approximate surface area is 129 Å². The second-order valence-corrected chi connectivity index (χ2v) is 5.79. The first-order valence-electron chi connectivity index (χ1n) is 7.04. The molecule has 1 aliphatic carbocycles. The SMILES string of the molecule is C=C(Cl)COc1ccc(-c2[nH]ncc2CNC2CC2)cc1. The maximum absolute atomic E-state index is 5.69. The Morgan fingerprint density at radius 1 is 1.38 bits per heavy atom. The highest BCUT2D eigenvalue weighted by Crippen LogP contribution is 2.25. The third kappa shape index (κ3) is 3.86. The highest BCUT2D eigenvalue weighted by molar-refractivity contribution is 6.29. The second-order valence-electron chi connectivity index (χ2n) is 5.26. The zero-order chi connectivity index (χ0) is 14.7. The molecule has 0 saturated heterocycles. The monoisotopic (exact) mass is 303 g/mol. The maximum atomic E-state index is 5.69. The molecule has 0 aliphatic heterocycles. The molecule has 0 amide bonds. The fraction of sp³-hybridized carbons (Fsp3) is 0.312. The molecule has 0 atom stereocenters. The van der Waals surface area contributed by atoms with E-state index in [1.165, 1.54) is 18.4 Å². The van der Waals surface area contributed by atoms with E-state index in [-0.39, 0.29) is 0 Å². The van der Waals surface area contributed by atoms with Crippen LogP contribution in [0.15, 0.2) is 42.1 Å². The van der Waals surface area contributed by atoms with E-state index in [1.807, 2.05) is 30.5 Å². The van der Waals surface area contributed by atoms with Crippen LogP contribution in [-0.2, 0) is 6.54 Å². The topological polar surface area (TPSA) is 49.9 Å². The third-order valence-corrected chi connectivity index (χ3v) is 3.52. The van der Waals surface area contributed by atoms with E-state index in [0.29, 0.717) is 17.7 Å². The van der Waals surface area contributed by atoms with Gasteiger partial charge in [-0.3, -0.25) is 5.10 Å². The van der Waals surface area contributed by atoms with Crippen LogP contribution in [0.25, 0.3) is 11.3 Å². The van der Waals surface area contributed by atoms with E-state index >= 15 is 0 Å². The van der Waals surface area contributed by atoms with Gasteiger partial charge >= 0.3 is 0 Å². The van der Waals surface area contributed by atoms with Gasteiger partial charge in [0.1, 0.15) is 12.4 Å². The van der Waals surface area contributed by atoms with Gasteiger partial charge in [-0.1, -0.05) is 18.2 Å². The van der Waals surface area contributed by atoms with Crippen LogP contribution in [0.4, 0.5) is 0 Å². The van der Waals surface area contributed by atoms with Gasteiger partial charge in [0.25, 0.3) is 0 Å². The average molecular weight is 304 g/mol. The van der Waals surface area contributed by atoms with E-state index in [1.54, 1.807) is 0 Å². The molecule has 0 bridgehead atoms. The standard InChI is InChI=1S/C16H18ClN3O/c1-11(17)10-21-15-6-2-12(3-7-15)16-13(9-19-20-16)8-18-14-4-5-14/h2-3,6-7,9,14,18H,1,4-5,8,10H2,(H,19,20). The quantitative estimate of drug-likeness (QED) is 0.823. The molecular formula is C16H18ClN3O. The molecule has 21 heavy (non-hydrogen) atoms. The predicted molar refractivity (Wildman–Crippen MR) is 84.4 cm³/mol. The van der Waals surface area contributed by atoms with Crippen molar-refractivity contribution >= 4 is 11.6 Å². The fourth-order valence-corrected chi connectivity index (χ4v) is 2.17. The summed E-state index contributed by atoms with van der Waals surface area (Å²) in [7, 11) is 0. The van der Waals surface area contributed by atoms with Crippen LogP contribution < -0.4 is 10.1 Å². The number of aromatic nitrogens is 2. The van der Waals surface area contributed by atoms with Gasteiger partial charge in [-0.05, 0) is 37.1 Å². The molecule has 110 valence electrons. The fourth-order valence-electron chi connectivity index (χ4n) is 2.12. The summed E-state index contributed by atoms with van der Waals surface area (Å²) in [6.07, 6.45) is 4.45. The van der Waals surface area contributed by atoms with E-state index in [9.17, 15) is 0 Å². The van der Waals surface area contributed by atoms with Gasteiger partial charge < -0.3 is 10.1 Å². The van der Waals surface area contributed by atoms with Crippen LogP contribution >= 0.6 is 11.6 Å². The van der Waals surface area contributed by atoms with Crippen LogP contribution in [0, 0.1) is 0 Å². The minimum absolute atomic E-state index is 0.321. The van der Waals surface area contributed by atoms with Crippen molar-refractivity contribution in [1.82, 2.24) is 15.5 Å². The van der Waals surface area contributed by atoms with Crippen molar-refractivity contribution < 1.29 is 4.74 Å². The van der Waals surface area contributed by atoms with Crippen molar-refractivity contribution in [2.45, 2.75) is 25.4 Å². The van der Waals surface area contributed by atoms with Gasteiger partial charge in [0, 0.05) is 28.7 Å². The van der Waals surface area contributed by atoms with Crippen molar-refractivity contribution in [3.8, 4) is 17.0 Å². The number of aromatic amines is 1. The summed E-state index contributed by atoms with van der Waals surface area (Å²) in [5.41, 5.74) is 3.33. The number of H-pyrrole nitrogens is 1. The van der Waals surface area contributed by atoms with Gasteiger partial charge in [-0.2, -0.15) is 5.10 Å². The van der Waals surface area contributed by atoms with Crippen LogP contribution in [0.3, 0.4) is 0 Å². The first kappa shape index (κ1) is 14.2. The molecule has 4 nitrogen and oxygen atoms in total. The minimum Gasteiger partial charge on any atom is -0.488 e. The lowest BCUT2D eigenvalue weighted by Gasteiger charge is -2.07. The summed E-state index contributed by atoms with van der Waals surface area (Å²) in [6.45, 7) is 4.77. The Bertz CT molecular complexity index is 617. The molecule has 1 aromatic carbocycles. The van der Waals surface area contributed by atoms with Gasteiger partial charge in [0.05, 0.1) is 11.9 Å². The summed E-state index contributed by atoms with van der Waals surface area (Å²) in [5.74, 6) is 0.776. The summed E-state index contributed by atoms with van der Waals surface area (Å²) in [6, 6.07) is 8.57. The second kappa shape index (κ2) is 6.33. The van der Waals surface area contributed by atoms with Crippen LogP contribution in [0.1, 0.15) is 18.4 Å². The molecule has 1 fully saturated rings. The van der Waals surface area contributed by atoms with Crippen molar-refractivity contribution in [2.75, 3.05) is 6.61 Å². The lowest BCUT2D eigenvalue weighted by molar-refractivity contribution is 0.359. The summed E-state index contributed by atoms with van der Waals surface area (Å²) < 4.78 is 5.49. The zero-order valence-corrected chi connectivity index (χ0v) is 12.5. The Balaban J connectivity index is 1.68. The minimum atomic E-state index is 0.321. The van der Waals surface area contributed by atoms with Crippen LogP contribution in [0.5, 0.6) is 5.75 Å². The Morgan fingerprint density at radius 3 is 2.81 bits per heavy atom. The Kier molecular flexibility index (Phi) is 4.27. The molecule has 1 aliphatic rings. The highest BCUT2D eigenvalue weighted by Gasteiger charge is 2.20. The molecule has 2 aromatic rings. The zero-order valence-electron chi connectivity index (χ0n) is 11.7. The summed E-state index contributed by atoms with van der Waals surface area (Å²) in [4.78, 5) is 0. The first-order valence-corrected chi connectivity index (χ1v) is 7.42. The van der Waals surface area contributed by atoms with E-state index < -0.39 is 0 Å². The van der Waals surface area contributed by atoms with E-state index in [2.05, 4.69) is 22.1 Å².